The van der Waals surface area contributed by atoms with E-state index in [9.17, 15) is 0 Å². The van der Waals surface area contributed by atoms with Gasteiger partial charge >= 0.3 is 0 Å². The fraction of sp³-hybridized carbons (Fsp3) is 0. The molecule has 10 aromatic rings. The van der Waals surface area contributed by atoms with Gasteiger partial charge in [0.1, 0.15) is 0 Å². The fourth-order valence-corrected chi connectivity index (χ4v) is 7.77. The molecule has 2 heterocycles. The Morgan fingerprint density at radius 1 is 0.292 bits per heavy atom. The molecule has 224 valence electrons. The van der Waals surface area contributed by atoms with Crippen LogP contribution >= 0.6 is 0 Å². The van der Waals surface area contributed by atoms with Crippen molar-refractivity contribution >= 4 is 54.4 Å². The first-order valence-corrected chi connectivity index (χ1v) is 16.5. The second kappa shape index (κ2) is 10.6. The van der Waals surface area contributed by atoms with Gasteiger partial charge in [-0.05, 0) is 70.1 Å². The number of benzene rings is 8. The topological polar surface area (TPSA) is 9.86 Å². The molecule has 0 radical (unpaired) electrons. The lowest BCUT2D eigenvalue weighted by molar-refractivity contribution is 1.18. The third kappa shape index (κ3) is 4.00. The molecule has 2 heteroatoms. The minimum Gasteiger partial charge on any atom is -0.309 e. The Balaban J connectivity index is 1.21. The quantitative estimate of drug-likeness (QED) is 0.188. The van der Waals surface area contributed by atoms with Gasteiger partial charge < -0.3 is 9.13 Å². The van der Waals surface area contributed by atoms with Crippen LogP contribution in [0, 0.1) is 0 Å². The molecule has 2 nitrogen and oxygen atoms in total. The number of fused-ring (bicyclic) bond motifs is 8. The molecule has 0 amide bonds. The molecule has 0 aliphatic carbocycles. The average molecular weight is 611 g/mol. The minimum absolute atomic E-state index is 1.16. The van der Waals surface area contributed by atoms with Gasteiger partial charge in [-0.3, -0.25) is 0 Å². The Kier molecular flexibility index (Phi) is 5.91. The van der Waals surface area contributed by atoms with Crippen LogP contribution in [-0.2, 0) is 0 Å². The third-order valence-corrected chi connectivity index (χ3v) is 9.91. The highest BCUT2D eigenvalue weighted by Gasteiger charge is 2.21. The van der Waals surface area contributed by atoms with Gasteiger partial charge in [-0.2, -0.15) is 0 Å². The van der Waals surface area contributed by atoms with E-state index in [0.717, 1.165) is 5.69 Å². The molecule has 0 saturated heterocycles. The summed E-state index contributed by atoms with van der Waals surface area (Å²) in [6, 6.07) is 66.1. The molecule has 0 N–H and O–H groups in total. The Bertz CT molecular complexity index is 2810. The van der Waals surface area contributed by atoms with Crippen molar-refractivity contribution in [1.29, 1.82) is 0 Å². The van der Waals surface area contributed by atoms with Crippen LogP contribution in [-0.4, -0.2) is 9.13 Å². The fourth-order valence-electron chi connectivity index (χ4n) is 7.77. The van der Waals surface area contributed by atoms with E-state index in [-0.39, 0.29) is 0 Å². The predicted octanol–water partition coefficient (Wildman–Crippen LogP) is 12.4. The van der Waals surface area contributed by atoms with E-state index in [1.165, 1.54) is 82.3 Å². The van der Waals surface area contributed by atoms with Crippen molar-refractivity contribution in [2.75, 3.05) is 0 Å². The summed E-state index contributed by atoms with van der Waals surface area (Å²) in [6.07, 6.45) is 0. The minimum atomic E-state index is 1.16. The molecule has 48 heavy (non-hydrogen) atoms. The SMILES string of the molecule is c1ccc(-c2ccc(-c3cccc(-n4c5ccccc5c5c6c7ccccc7n(-c7cccc8ccccc78)c6ccc54)c3)cc2)cc1. The van der Waals surface area contributed by atoms with Gasteiger partial charge in [-0.25, -0.2) is 0 Å². The normalized spacial score (nSPS) is 11.8. The molecule has 0 fully saturated rings. The smallest absolute Gasteiger partial charge is 0.0549 e. The number of para-hydroxylation sites is 2. The molecular formula is C46H30N2. The zero-order valence-electron chi connectivity index (χ0n) is 26.2. The van der Waals surface area contributed by atoms with Crippen LogP contribution in [0.1, 0.15) is 0 Å². The Morgan fingerprint density at radius 3 is 1.52 bits per heavy atom. The number of aromatic nitrogens is 2. The standard InChI is InChI=1S/C46H30N2/c1-2-12-31(13-3-1)32-24-26-33(27-25-32)35-16-10-17-36(30-35)47-41-21-8-6-19-38(41)45-43(47)28-29-44-46(45)39-20-7-9-22-42(39)48(44)40-23-11-15-34-14-4-5-18-37(34)40/h1-30H. The van der Waals surface area contributed by atoms with Gasteiger partial charge in [0.15, 0.2) is 0 Å². The third-order valence-electron chi connectivity index (χ3n) is 9.91. The Labute approximate surface area is 278 Å². The highest BCUT2D eigenvalue weighted by molar-refractivity contribution is 6.29. The molecule has 0 aliphatic heterocycles. The lowest BCUT2D eigenvalue weighted by Crippen LogP contribution is -1.96. The molecular weight excluding hydrogens is 581 g/mol. The van der Waals surface area contributed by atoms with Crippen molar-refractivity contribution in [3.63, 3.8) is 0 Å². The molecule has 0 atom stereocenters. The number of nitrogens with zero attached hydrogens (tertiary/aromatic N) is 2. The van der Waals surface area contributed by atoms with Gasteiger partial charge in [-0.1, -0.05) is 140 Å². The van der Waals surface area contributed by atoms with Crippen LogP contribution in [0.2, 0.25) is 0 Å². The van der Waals surface area contributed by atoms with E-state index in [1.807, 2.05) is 0 Å². The summed E-state index contributed by atoms with van der Waals surface area (Å²) < 4.78 is 4.90. The van der Waals surface area contributed by atoms with E-state index in [1.54, 1.807) is 0 Å². The highest BCUT2D eigenvalue weighted by atomic mass is 15.0. The molecule has 0 saturated carbocycles. The first-order valence-electron chi connectivity index (χ1n) is 16.5. The molecule has 2 aromatic heterocycles. The maximum absolute atomic E-state index is 2.46. The van der Waals surface area contributed by atoms with E-state index >= 15 is 0 Å². The van der Waals surface area contributed by atoms with E-state index in [4.69, 9.17) is 0 Å². The van der Waals surface area contributed by atoms with E-state index in [2.05, 4.69) is 191 Å². The molecule has 8 aromatic carbocycles. The summed E-state index contributed by atoms with van der Waals surface area (Å²) >= 11 is 0. The number of hydrogen-bond acceptors (Lipinski definition) is 0. The average Bonchev–Trinajstić information content (AvgIpc) is 3.68. The maximum Gasteiger partial charge on any atom is 0.0549 e. The largest absolute Gasteiger partial charge is 0.309 e. The number of rotatable bonds is 4. The lowest BCUT2D eigenvalue weighted by atomic mass is 10.00. The summed E-state index contributed by atoms with van der Waals surface area (Å²) in [5, 5.41) is 7.60. The van der Waals surface area contributed by atoms with Gasteiger partial charge in [0.25, 0.3) is 0 Å². The zero-order chi connectivity index (χ0) is 31.6. The van der Waals surface area contributed by atoms with E-state index < -0.39 is 0 Å². The van der Waals surface area contributed by atoms with Crippen molar-refractivity contribution < 1.29 is 0 Å². The monoisotopic (exact) mass is 610 g/mol. The van der Waals surface area contributed by atoms with Crippen LogP contribution < -0.4 is 0 Å². The van der Waals surface area contributed by atoms with Crippen LogP contribution in [0.25, 0.3) is 88.0 Å². The van der Waals surface area contributed by atoms with Crippen molar-refractivity contribution in [3.8, 4) is 33.6 Å². The Hall–Kier alpha value is -6.38. The summed E-state index contributed by atoms with van der Waals surface area (Å²) in [5.41, 5.74) is 12.1. The van der Waals surface area contributed by atoms with Crippen molar-refractivity contribution in [1.82, 2.24) is 9.13 Å². The summed E-state index contributed by atoms with van der Waals surface area (Å²) in [4.78, 5) is 0. The van der Waals surface area contributed by atoms with Gasteiger partial charge in [0.2, 0.25) is 0 Å². The Morgan fingerprint density at radius 2 is 0.792 bits per heavy atom. The zero-order valence-corrected chi connectivity index (χ0v) is 26.2. The molecule has 0 spiro atoms. The molecule has 0 bridgehead atoms. The van der Waals surface area contributed by atoms with Gasteiger partial charge in [-0.15, -0.1) is 0 Å². The van der Waals surface area contributed by atoms with Crippen LogP contribution in [0.3, 0.4) is 0 Å². The molecule has 0 aliphatic rings. The second-order valence-electron chi connectivity index (χ2n) is 12.6. The number of hydrogen-bond donors (Lipinski definition) is 0. The molecule has 0 unspecified atom stereocenters. The second-order valence-corrected chi connectivity index (χ2v) is 12.6. The highest BCUT2D eigenvalue weighted by Crippen LogP contribution is 2.43. The van der Waals surface area contributed by atoms with Crippen LogP contribution in [0.4, 0.5) is 0 Å². The van der Waals surface area contributed by atoms with E-state index in [0.29, 0.717) is 0 Å². The summed E-state index contributed by atoms with van der Waals surface area (Å²) in [6.45, 7) is 0. The maximum atomic E-state index is 2.46. The van der Waals surface area contributed by atoms with Crippen molar-refractivity contribution in [2.24, 2.45) is 0 Å². The molecule has 10 rings (SSSR count). The summed E-state index contributed by atoms with van der Waals surface area (Å²) in [5.74, 6) is 0. The van der Waals surface area contributed by atoms with Crippen LogP contribution in [0.15, 0.2) is 182 Å². The van der Waals surface area contributed by atoms with Gasteiger partial charge in [0.05, 0.1) is 27.8 Å². The summed E-state index contributed by atoms with van der Waals surface area (Å²) in [7, 11) is 0. The lowest BCUT2D eigenvalue weighted by Gasteiger charge is -2.12. The predicted molar refractivity (Wildman–Crippen MR) is 203 cm³/mol. The first kappa shape index (κ1) is 26.8. The van der Waals surface area contributed by atoms with Crippen LogP contribution in [0.5, 0.6) is 0 Å². The van der Waals surface area contributed by atoms with Gasteiger partial charge in [0, 0.05) is 32.6 Å². The van der Waals surface area contributed by atoms with Crippen molar-refractivity contribution in [3.05, 3.63) is 182 Å². The van der Waals surface area contributed by atoms with Crippen molar-refractivity contribution in [2.45, 2.75) is 0 Å². The first-order chi connectivity index (χ1) is 23.8.